The van der Waals surface area contributed by atoms with E-state index in [1.807, 2.05) is 60.7 Å². The maximum atomic E-state index is 13.9. The number of aliphatic hydroxyl groups is 1. The molecular weight excluding hydrogens is 813 g/mol. The number of hydrogen-bond donors (Lipinski definition) is 3. The molecular formula is C48H54N2O13. The third-order valence-corrected chi connectivity index (χ3v) is 10.6. The summed E-state index contributed by atoms with van der Waals surface area (Å²) in [6, 6.07) is 24.3. The minimum atomic E-state index is -1.43. The van der Waals surface area contributed by atoms with Gasteiger partial charge >= 0.3 is 23.9 Å². The molecule has 15 heteroatoms. The molecule has 1 aliphatic carbocycles. The van der Waals surface area contributed by atoms with Gasteiger partial charge in [-0.15, -0.1) is 0 Å². The van der Waals surface area contributed by atoms with Gasteiger partial charge in [0.05, 0.1) is 18.2 Å². The van der Waals surface area contributed by atoms with E-state index < -0.39 is 83.0 Å². The molecule has 2 heterocycles. The molecule has 334 valence electrons. The first-order valence-corrected chi connectivity index (χ1v) is 20.9. The van der Waals surface area contributed by atoms with Crippen LogP contribution in [-0.2, 0) is 58.2 Å². The van der Waals surface area contributed by atoms with Crippen molar-refractivity contribution < 1.29 is 62.3 Å². The molecule has 0 saturated carbocycles. The maximum Gasteiger partial charge on any atom is 0.348 e. The summed E-state index contributed by atoms with van der Waals surface area (Å²) in [5, 5.41) is 15.3. The van der Waals surface area contributed by atoms with Crippen LogP contribution in [0.2, 0.25) is 0 Å². The lowest BCUT2D eigenvalue weighted by Gasteiger charge is -2.31. The molecule has 5 unspecified atom stereocenters. The van der Waals surface area contributed by atoms with E-state index in [0.29, 0.717) is 16.7 Å². The predicted octanol–water partition coefficient (Wildman–Crippen LogP) is 4.84. The van der Waals surface area contributed by atoms with Crippen molar-refractivity contribution in [3.63, 3.8) is 0 Å². The molecule has 63 heavy (non-hydrogen) atoms. The van der Waals surface area contributed by atoms with Crippen molar-refractivity contribution in [3.8, 4) is 0 Å². The highest BCUT2D eigenvalue weighted by atomic mass is 16.8. The van der Waals surface area contributed by atoms with Crippen LogP contribution in [0.1, 0.15) is 87.4 Å². The molecule has 2 amide bonds. The van der Waals surface area contributed by atoms with Gasteiger partial charge in [-0.05, 0) is 57.0 Å². The Kier molecular flexibility index (Phi) is 14.6. The Morgan fingerprint density at radius 3 is 2.21 bits per heavy atom. The van der Waals surface area contributed by atoms with E-state index in [0.717, 1.165) is 6.08 Å². The SMILES string of the molecule is CC(C)(C)OC(=O)CCC(CO)NC(=O)CCNC(=O)C1=CC2OC(c3ccccc3)(c3ccccc3)OC2C(OC(=O)c2cccc(C=CC(=O)OC3C(=O)OCC3(C)C)c2)C1. The molecule has 0 spiro atoms. The van der Waals surface area contributed by atoms with Gasteiger partial charge in [-0.25, -0.2) is 14.4 Å². The van der Waals surface area contributed by atoms with Crippen molar-refractivity contribution in [2.24, 2.45) is 5.41 Å². The zero-order valence-electron chi connectivity index (χ0n) is 36.0. The molecule has 3 aromatic carbocycles. The Morgan fingerprint density at radius 2 is 1.59 bits per heavy atom. The molecule has 0 bridgehead atoms. The summed E-state index contributed by atoms with van der Waals surface area (Å²) in [5.74, 6) is -4.93. The molecule has 0 aromatic heterocycles. The van der Waals surface area contributed by atoms with Gasteiger partial charge in [0.15, 0.2) is 0 Å². The Bertz CT molecular complexity index is 2170. The van der Waals surface area contributed by atoms with E-state index in [2.05, 4.69) is 10.6 Å². The molecule has 2 aliphatic heterocycles. The molecule has 5 atom stereocenters. The number of carbonyl (C=O) groups excluding carboxylic acids is 6. The van der Waals surface area contributed by atoms with E-state index >= 15 is 0 Å². The van der Waals surface area contributed by atoms with Gasteiger partial charge in [-0.3, -0.25) is 14.4 Å². The van der Waals surface area contributed by atoms with Crippen LogP contribution < -0.4 is 10.6 Å². The van der Waals surface area contributed by atoms with Crippen LogP contribution in [0.4, 0.5) is 0 Å². The fourth-order valence-electron chi connectivity index (χ4n) is 7.42. The van der Waals surface area contributed by atoms with Gasteiger partial charge in [-0.2, -0.15) is 0 Å². The molecule has 6 rings (SSSR count). The lowest BCUT2D eigenvalue weighted by molar-refractivity contribution is -0.159. The van der Waals surface area contributed by atoms with E-state index in [1.54, 1.807) is 58.9 Å². The fraction of sp³-hybridized carbons (Fsp3) is 0.417. The van der Waals surface area contributed by atoms with Crippen LogP contribution >= 0.6 is 0 Å². The van der Waals surface area contributed by atoms with Gasteiger partial charge < -0.3 is 44.2 Å². The minimum absolute atomic E-state index is 0.00172. The van der Waals surface area contributed by atoms with Crippen LogP contribution in [0.5, 0.6) is 0 Å². The Morgan fingerprint density at radius 1 is 0.905 bits per heavy atom. The lowest BCUT2D eigenvalue weighted by atomic mass is 9.90. The lowest BCUT2D eigenvalue weighted by Crippen LogP contribution is -2.44. The van der Waals surface area contributed by atoms with E-state index in [-0.39, 0.29) is 56.6 Å². The van der Waals surface area contributed by atoms with Gasteiger partial charge in [0, 0.05) is 54.0 Å². The minimum Gasteiger partial charge on any atom is -0.462 e. The number of ether oxygens (including phenoxy) is 6. The highest BCUT2D eigenvalue weighted by Gasteiger charge is 2.55. The quantitative estimate of drug-likeness (QED) is 0.100. The summed E-state index contributed by atoms with van der Waals surface area (Å²) in [7, 11) is 0. The van der Waals surface area contributed by atoms with E-state index in [9.17, 15) is 33.9 Å². The molecule has 2 fully saturated rings. The number of fused-ring (bicyclic) bond motifs is 1. The van der Waals surface area contributed by atoms with Gasteiger partial charge in [0.2, 0.25) is 23.7 Å². The summed E-state index contributed by atoms with van der Waals surface area (Å²) < 4.78 is 35.5. The summed E-state index contributed by atoms with van der Waals surface area (Å²) in [4.78, 5) is 77.4. The third-order valence-electron chi connectivity index (χ3n) is 10.6. The monoisotopic (exact) mass is 866 g/mol. The molecule has 2 saturated heterocycles. The van der Waals surface area contributed by atoms with Crippen molar-refractivity contribution in [2.45, 2.75) is 102 Å². The number of esters is 4. The van der Waals surface area contributed by atoms with Crippen molar-refractivity contribution >= 4 is 41.8 Å². The van der Waals surface area contributed by atoms with Gasteiger partial charge in [0.1, 0.15) is 30.5 Å². The normalized spacial score (nSPS) is 21.6. The van der Waals surface area contributed by atoms with Crippen LogP contribution in [0, 0.1) is 5.41 Å². The Balaban J connectivity index is 1.16. The highest BCUT2D eigenvalue weighted by molar-refractivity contribution is 5.95. The molecule has 3 aliphatic rings. The number of cyclic esters (lactones) is 1. The Labute approximate surface area is 366 Å². The smallest absolute Gasteiger partial charge is 0.348 e. The molecule has 3 N–H and O–H groups in total. The van der Waals surface area contributed by atoms with Crippen molar-refractivity contribution in [1.29, 1.82) is 0 Å². The first-order chi connectivity index (χ1) is 30.0. The maximum absolute atomic E-state index is 13.9. The zero-order valence-corrected chi connectivity index (χ0v) is 36.0. The Hall–Kier alpha value is -6.16. The number of carbonyl (C=O) groups is 6. The van der Waals surface area contributed by atoms with E-state index in [1.165, 1.54) is 12.1 Å². The van der Waals surface area contributed by atoms with Crippen LogP contribution in [0.15, 0.2) is 103 Å². The number of nitrogens with one attached hydrogen (secondary N) is 2. The zero-order chi connectivity index (χ0) is 45.4. The van der Waals surface area contributed by atoms with Gasteiger partial charge in [-0.1, -0.05) is 86.6 Å². The van der Waals surface area contributed by atoms with Crippen molar-refractivity contribution in [1.82, 2.24) is 10.6 Å². The van der Waals surface area contributed by atoms with Crippen molar-refractivity contribution in [2.75, 3.05) is 19.8 Å². The predicted molar refractivity (Wildman–Crippen MR) is 227 cm³/mol. The van der Waals surface area contributed by atoms with E-state index in [4.69, 9.17) is 28.4 Å². The molecule has 3 aromatic rings. The van der Waals surface area contributed by atoms with Crippen LogP contribution in [0.3, 0.4) is 0 Å². The number of amides is 2. The summed E-state index contributed by atoms with van der Waals surface area (Å²) in [6.45, 7) is 8.45. The standard InChI is InChI=1S/C48H54N2O13/c1-46(2,3)62-40(54)22-20-35(28-51)50-38(52)23-24-49-43(55)32-26-36(41-37(27-32)61-48(63-41,33-15-8-6-9-16-33)34-17-10-7-11-18-34)59-44(56)31-14-12-13-30(25-31)19-21-39(53)60-42-45(57)58-29-47(42,4)5/h6-19,21,25,27,35-37,41-42,51H,20,22-24,26,28-29H2,1-5H3,(H,49,55)(H,50,52). The van der Waals surface area contributed by atoms with Gasteiger partial charge in [0.25, 0.3) is 0 Å². The van der Waals surface area contributed by atoms with Crippen molar-refractivity contribution in [3.05, 3.63) is 125 Å². The fourth-order valence-corrected chi connectivity index (χ4v) is 7.42. The summed E-state index contributed by atoms with van der Waals surface area (Å²) >= 11 is 0. The third kappa shape index (κ3) is 11.9. The number of hydrogen-bond acceptors (Lipinski definition) is 13. The highest BCUT2D eigenvalue weighted by Crippen LogP contribution is 2.47. The largest absolute Gasteiger partial charge is 0.462 e. The number of rotatable bonds is 16. The second-order valence-electron chi connectivity index (χ2n) is 17.3. The van der Waals surface area contributed by atoms with Crippen LogP contribution in [0.25, 0.3) is 6.08 Å². The first kappa shape index (κ1) is 46.3. The summed E-state index contributed by atoms with van der Waals surface area (Å²) in [6.07, 6.45) is 0.448. The second-order valence-corrected chi connectivity index (χ2v) is 17.3. The first-order valence-electron chi connectivity index (χ1n) is 20.9. The topological polar surface area (TPSA) is 202 Å². The average Bonchev–Trinajstić information content (AvgIpc) is 3.78. The van der Waals surface area contributed by atoms with Crippen LogP contribution in [-0.4, -0.2) is 96.6 Å². The number of benzene rings is 3. The molecule has 0 radical (unpaired) electrons. The average molecular weight is 867 g/mol. The molecule has 15 nitrogen and oxygen atoms in total. The second kappa shape index (κ2) is 19.9. The summed E-state index contributed by atoms with van der Waals surface area (Å²) in [5.41, 5.74) is 0.886. The number of aliphatic hydroxyl groups excluding tert-OH is 1.